The molecule has 0 N–H and O–H groups in total. The molecule has 0 atom stereocenters. The van der Waals surface area contributed by atoms with E-state index in [0.29, 0.717) is 17.2 Å². The first-order chi connectivity index (χ1) is 8.69. The summed E-state index contributed by atoms with van der Waals surface area (Å²) in [7, 11) is 0. The molecule has 18 heavy (non-hydrogen) atoms. The molecule has 0 aliphatic carbocycles. The van der Waals surface area contributed by atoms with E-state index in [1.54, 1.807) is 18.2 Å². The van der Waals surface area contributed by atoms with Crippen molar-refractivity contribution in [3.63, 3.8) is 0 Å². The van der Waals surface area contributed by atoms with Crippen LogP contribution in [0.1, 0.15) is 16.7 Å². The summed E-state index contributed by atoms with van der Waals surface area (Å²) in [6.07, 6.45) is 0. The molecule has 0 spiro atoms. The van der Waals surface area contributed by atoms with Crippen molar-refractivity contribution < 1.29 is 4.74 Å². The highest BCUT2D eigenvalue weighted by Crippen LogP contribution is 2.23. The van der Waals surface area contributed by atoms with Crippen LogP contribution in [0.5, 0.6) is 5.75 Å². The Labute approximate surface area is 111 Å². The highest BCUT2D eigenvalue weighted by Gasteiger charge is 2.01. The van der Waals surface area contributed by atoms with Crippen LogP contribution >= 0.6 is 11.6 Å². The third-order valence-electron chi connectivity index (χ3n) is 2.63. The van der Waals surface area contributed by atoms with Crippen LogP contribution in [-0.4, -0.2) is 0 Å². The molecule has 2 nitrogen and oxygen atoms in total. The maximum absolute atomic E-state index is 8.71. The van der Waals surface area contributed by atoms with Crippen LogP contribution in [0.15, 0.2) is 42.5 Å². The molecule has 0 fully saturated rings. The highest BCUT2D eigenvalue weighted by atomic mass is 35.5. The zero-order valence-corrected chi connectivity index (χ0v) is 10.7. The maximum atomic E-state index is 8.71. The third-order valence-corrected chi connectivity index (χ3v) is 2.86. The number of benzene rings is 2. The lowest BCUT2D eigenvalue weighted by Crippen LogP contribution is -1.97. The molecule has 0 aliphatic rings. The number of aryl methyl sites for hydroxylation is 1. The van der Waals surface area contributed by atoms with E-state index in [2.05, 4.69) is 6.07 Å². The van der Waals surface area contributed by atoms with Gasteiger partial charge >= 0.3 is 0 Å². The predicted octanol–water partition coefficient (Wildman–Crippen LogP) is 4.10. The van der Waals surface area contributed by atoms with Gasteiger partial charge in [0.1, 0.15) is 12.4 Å². The van der Waals surface area contributed by atoms with Crippen molar-refractivity contribution >= 4 is 11.6 Å². The quantitative estimate of drug-likeness (QED) is 0.829. The number of halogens is 1. The Morgan fingerprint density at radius 3 is 2.56 bits per heavy atom. The van der Waals surface area contributed by atoms with Gasteiger partial charge in [-0.2, -0.15) is 5.26 Å². The topological polar surface area (TPSA) is 33.0 Å². The highest BCUT2D eigenvalue weighted by molar-refractivity contribution is 6.30. The Kier molecular flexibility index (Phi) is 3.86. The number of hydrogen-bond donors (Lipinski definition) is 0. The van der Waals surface area contributed by atoms with E-state index in [4.69, 9.17) is 21.6 Å². The molecule has 2 aromatic carbocycles. The molecular formula is C15H12ClNO. The van der Waals surface area contributed by atoms with Crippen molar-refractivity contribution in [2.24, 2.45) is 0 Å². The molecule has 0 heterocycles. The van der Waals surface area contributed by atoms with Crippen molar-refractivity contribution in [3.8, 4) is 11.8 Å². The summed E-state index contributed by atoms with van der Waals surface area (Å²) in [4.78, 5) is 0. The van der Waals surface area contributed by atoms with Crippen molar-refractivity contribution in [1.29, 1.82) is 5.26 Å². The second-order valence-corrected chi connectivity index (χ2v) is 4.44. The van der Waals surface area contributed by atoms with Crippen molar-refractivity contribution in [1.82, 2.24) is 0 Å². The van der Waals surface area contributed by atoms with Crippen LogP contribution < -0.4 is 4.74 Å². The predicted molar refractivity (Wildman–Crippen MR) is 71.7 cm³/mol. The lowest BCUT2D eigenvalue weighted by molar-refractivity contribution is 0.304. The average molecular weight is 258 g/mol. The fourth-order valence-corrected chi connectivity index (χ4v) is 1.73. The minimum Gasteiger partial charge on any atom is -0.489 e. The second kappa shape index (κ2) is 5.57. The Bertz CT molecular complexity index is 584. The van der Waals surface area contributed by atoms with Gasteiger partial charge in [-0.05, 0) is 42.3 Å². The zero-order chi connectivity index (χ0) is 13.0. The maximum Gasteiger partial charge on any atom is 0.124 e. The van der Waals surface area contributed by atoms with E-state index < -0.39 is 0 Å². The van der Waals surface area contributed by atoms with Crippen LogP contribution in [0.3, 0.4) is 0 Å². The van der Waals surface area contributed by atoms with Crippen molar-refractivity contribution in [2.75, 3.05) is 0 Å². The summed E-state index contributed by atoms with van der Waals surface area (Å²) < 4.78 is 5.71. The Hall–Kier alpha value is -1.98. The molecule has 0 aromatic heterocycles. The van der Waals surface area contributed by atoms with Crippen LogP contribution in [0.4, 0.5) is 0 Å². The lowest BCUT2D eigenvalue weighted by atomic mass is 10.1. The Morgan fingerprint density at radius 1 is 1.17 bits per heavy atom. The first-order valence-electron chi connectivity index (χ1n) is 5.57. The summed E-state index contributed by atoms with van der Waals surface area (Å²) in [5.41, 5.74) is 2.72. The van der Waals surface area contributed by atoms with E-state index in [9.17, 15) is 0 Å². The summed E-state index contributed by atoms with van der Waals surface area (Å²) in [5.74, 6) is 0.784. The molecule has 0 radical (unpaired) electrons. The fraction of sp³-hybridized carbons (Fsp3) is 0.133. The molecule has 2 rings (SSSR count). The normalized spacial score (nSPS) is 9.83. The van der Waals surface area contributed by atoms with Gasteiger partial charge in [0.05, 0.1) is 11.6 Å². The minimum absolute atomic E-state index is 0.465. The zero-order valence-electron chi connectivity index (χ0n) is 9.98. The third kappa shape index (κ3) is 3.03. The van der Waals surface area contributed by atoms with Crippen molar-refractivity contribution in [2.45, 2.75) is 13.5 Å². The molecule has 0 unspecified atom stereocenters. The van der Waals surface area contributed by atoms with Gasteiger partial charge in [0.15, 0.2) is 0 Å². The van der Waals surface area contributed by atoms with E-state index in [1.165, 1.54) is 0 Å². The molecule has 0 aliphatic heterocycles. The van der Waals surface area contributed by atoms with Crippen LogP contribution in [0.25, 0.3) is 0 Å². The molecule has 0 saturated heterocycles. The summed E-state index contributed by atoms with van der Waals surface area (Å²) in [6.45, 7) is 2.44. The first-order valence-corrected chi connectivity index (χ1v) is 5.95. The number of rotatable bonds is 3. The van der Waals surface area contributed by atoms with Gasteiger partial charge in [0.2, 0.25) is 0 Å². The SMILES string of the molecule is Cc1ccc(Cl)cc1OCc1ccc(C#N)cc1. The molecule has 3 heteroatoms. The summed E-state index contributed by atoms with van der Waals surface area (Å²) >= 11 is 5.92. The second-order valence-electron chi connectivity index (χ2n) is 4.01. The van der Waals surface area contributed by atoms with E-state index >= 15 is 0 Å². The van der Waals surface area contributed by atoms with Gasteiger partial charge in [-0.1, -0.05) is 29.8 Å². The van der Waals surface area contributed by atoms with Crippen molar-refractivity contribution in [3.05, 3.63) is 64.2 Å². The summed E-state index contributed by atoms with van der Waals surface area (Å²) in [5, 5.41) is 9.37. The van der Waals surface area contributed by atoms with Gasteiger partial charge in [-0.15, -0.1) is 0 Å². The molecule has 2 aromatic rings. The number of nitriles is 1. The number of nitrogens with zero attached hydrogens (tertiary/aromatic N) is 1. The van der Waals surface area contributed by atoms with Gasteiger partial charge in [-0.25, -0.2) is 0 Å². The molecule has 0 bridgehead atoms. The van der Waals surface area contributed by atoms with Crippen LogP contribution in [0, 0.1) is 18.3 Å². The molecule has 90 valence electrons. The van der Waals surface area contributed by atoms with Crippen LogP contribution in [0.2, 0.25) is 5.02 Å². The standard InChI is InChI=1S/C15H12ClNO/c1-11-2-7-14(16)8-15(11)18-10-13-5-3-12(9-17)4-6-13/h2-8H,10H2,1H3. The molecular weight excluding hydrogens is 246 g/mol. The van der Waals surface area contributed by atoms with Gasteiger partial charge in [0, 0.05) is 5.02 Å². The molecule has 0 amide bonds. The first kappa shape index (κ1) is 12.5. The number of hydrogen-bond acceptors (Lipinski definition) is 2. The Morgan fingerprint density at radius 2 is 1.89 bits per heavy atom. The Balaban J connectivity index is 2.07. The van der Waals surface area contributed by atoms with Gasteiger partial charge in [0.25, 0.3) is 0 Å². The van der Waals surface area contributed by atoms with Gasteiger partial charge in [-0.3, -0.25) is 0 Å². The fourth-order valence-electron chi connectivity index (χ4n) is 1.57. The van der Waals surface area contributed by atoms with Gasteiger partial charge < -0.3 is 4.74 Å². The van der Waals surface area contributed by atoms with Crippen LogP contribution in [-0.2, 0) is 6.61 Å². The number of ether oxygens (including phenoxy) is 1. The smallest absolute Gasteiger partial charge is 0.124 e. The van der Waals surface area contributed by atoms with E-state index in [0.717, 1.165) is 16.9 Å². The minimum atomic E-state index is 0.465. The van der Waals surface area contributed by atoms with E-state index in [1.807, 2.05) is 31.2 Å². The lowest BCUT2D eigenvalue weighted by Gasteiger charge is -2.09. The molecule has 0 saturated carbocycles. The summed E-state index contributed by atoms with van der Waals surface area (Å²) in [6, 6.07) is 15.0. The monoisotopic (exact) mass is 257 g/mol. The largest absolute Gasteiger partial charge is 0.489 e. The average Bonchev–Trinajstić information content (AvgIpc) is 2.40. The van der Waals surface area contributed by atoms with E-state index in [-0.39, 0.29) is 0 Å².